The molecule has 6 nitrogen and oxygen atoms in total. The lowest BCUT2D eigenvalue weighted by Gasteiger charge is -2.56. The summed E-state index contributed by atoms with van der Waals surface area (Å²) in [5.74, 6) is 2.50. The number of hydrogen-bond donors (Lipinski definition) is 1. The van der Waals surface area contributed by atoms with Gasteiger partial charge in [0.15, 0.2) is 12.4 Å². The van der Waals surface area contributed by atoms with Gasteiger partial charge in [-0.15, -0.1) is 0 Å². The summed E-state index contributed by atoms with van der Waals surface area (Å²) in [4.78, 5) is 22.7. The van der Waals surface area contributed by atoms with Crippen molar-refractivity contribution < 1.29 is 14.5 Å². The Hall–Kier alpha value is -2.11. The Balaban J connectivity index is 1.31. The van der Waals surface area contributed by atoms with Crippen molar-refractivity contribution in [2.24, 2.45) is 23.2 Å². The van der Waals surface area contributed by atoms with Crippen LogP contribution in [-0.4, -0.2) is 24.0 Å². The molecule has 1 aromatic rings. The van der Waals surface area contributed by atoms with Crippen LogP contribution in [0.1, 0.15) is 38.5 Å². The number of carbonyl (C=O) groups is 1. The van der Waals surface area contributed by atoms with E-state index in [1.807, 2.05) is 0 Å². The zero-order chi connectivity index (χ0) is 17.4. The van der Waals surface area contributed by atoms with E-state index in [2.05, 4.69) is 5.32 Å². The quantitative estimate of drug-likeness (QED) is 0.634. The summed E-state index contributed by atoms with van der Waals surface area (Å²) < 4.78 is 5.38. The van der Waals surface area contributed by atoms with Crippen molar-refractivity contribution in [3.05, 3.63) is 34.4 Å². The van der Waals surface area contributed by atoms with Crippen LogP contribution in [0.3, 0.4) is 0 Å². The fraction of sp³-hybridized carbons (Fsp3) is 0.632. The molecule has 4 bridgehead atoms. The first-order valence-corrected chi connectivity index (χ1v) is 9.16. The average molecular weight is 344 g/mol. The molecule has 1 N–H and O–H groups in total. The summed E-state index contributed by atoms with van der Waals surface area (Å²) in [6, 6.07) is 6.14. The number of nitrogens with zero attached hydrogens (tertiary/aromatic N) is 1. The van der Waals surface area contributed by atoms with Crippen LogP contribution in [0.2, 0.25) is 0 Å². The summed E-state index contributed by atoms with van der Waals surface area (Å²) in [5.41, 5.74) is 0.166. The normalized spacial score (nSPS) is 32.4. The molecule has 0 spiro atoms. The highest BCUT2D eigenvalue weighted by Gasteiger charge is 2.50. The first-order chi connectivity index (χ1) is 12.0. The minimum absolute atomic E-state index is 0.114. The van der Waals surface area contributed by atoms with Gasteiger partial charge in [0.1, 0.15) is 0 Å². The number of ether oxygens (including phenoxy) is 1. The number of rotatable bonds is 6. The van der Waals surface area contributed by atoms with Crippen LogP contribution >= 0.6 is 0 Å². The molecule has 0 unspecified atom stereocenters. The molecule has 4 aliphatic carbocycles. The second-order valence-corrected chi connectivity index (χ2v) is 8.21. The standard InChI is InChI=1S/C19H24N2O4/c22-18(11-25-17-4-2-1-3-16(17)21(23)24)20-12-19-8-13-5-14(9-19)7-15(6-13)10-19/h1-4,13-15H,5-12H2,(H,20,22). The van der Waals surface area contributed by atoms with E-state index < -0.39 is 4.92 Å². The maximum atomic E-state index is 12.2. The van der Waals surface area contributed by atoms with Crippen LogP contribution in [0.25, 0.3) is 0 Å². The smallest absolute Gasteiger partial charge is 0.310 e. The first-order valence-electron chi connectivity index (χ1n) is 9.16. The highest BCUT2D eigenvalue weighted by Crippen LogP contribution is 2.59. The highest BCUT2D eigenvalue weighted by atomic mass is 16.6. The molecule has 6 heteroatoms. The molecule has 0 aromatic heterocycles. The Labute approximate surface area is 147 Å². The van der Waals surface area contributed by atoms with E-state index in [0.717, 1.165) is 24.3 Å². The predicted molar refractivity (Wildman–Crippen MR) is 92.2 cm³/mol. The van der Waals surface area contributed by atoms with Crippen LogP contribution in [0.5, 0.6) is 5.75 Å². The molecule has 1 amide bonds. The van der Waals surface area contributed by atoms with E-state index in [1.54, 1.807) is 12.1 Å². The van der Waals surface area contributed by atoms with Gasteiger partial charge in [-0.1, -0.05) is 12.1 Å². The maximum absolute atomic E-state index is 12.2. The molecule has 0 aliphatic heterocycles. The minimum atomic E-state index is -0.497. The number of nitrogens with one attached hydrogen (secondary N) is 1. The first kappa shape index (κ1) is 16.4. The largest absolute Gasteiger partial charge is 0.477 e. The van der Waals surface area contributed by atoms with Crippen molar-refractivity contribution in [3.8, 4) is 5.75 Å². The van der Waals surface area contributed by atoms with Crippen LogP contribution < -0.4 is 10.1 Å². The van der Waals surface area contributed by atoms with Crippen molar-refractivity contribution in [2.75, 3.05) is 13.2 Å². The van der Waals surface area contributed by atoms with Gasteiger partial charge in [0.25, 0.3) is 5.91 Å². The summed E-state index contributed by atoms with van der Waals surface area (Å²) in [5, 5.41) is 14.0. The third kappa shape index (κ3) is 3.34. The van der Waals surface area contributed by atoms with Crippen molar-refractivity contribution in [3.63, 3.8) is 0 Å². The zero-order valence-electron chi connectivity index (χ0n) is 14.3. The monoisotopic (exact) mass is 344 g/mol. The zero-order valence-corrected chi connectivity index (χ0v) is 14.3. The Morgan fingerprint density at radius 1 is 1.16 bits per heavy atom. The molecule has 4 aliphatic rings. The third-order valence-corrected chi connectivity index (χ3v) is 6.25. The molecule has 0 saturated heterocycles. The molecular weight excluding hydrogens is 320 g/mol. The lowest BCUT2D eigenvalue weighted by atomic mass is 9.49. The number of hydrogen-bond acceptors (Lipinski definition) is 4. The molecule has 0 radical (unpaired) electrons. The van der Waals surface area contributed by atoms with Crippen LogP contribution in [0.15, 0.2) is 24.3 Å². The van der Waals surface area contributed by atoms with Crippen molar-refractivity contribution >= 4 is 11.6 Å². The Morgan fingerprint density at radius 2 is 1.76 bits per heavy atom. The molecule has 5 rings (SSSR count). The molecular formula is C19H24N2O4. The molecule has 4 saturated carbocycles. The number of benzene rings is 1. The van der Waals surface area contributed by atoms with Gasteiger partial charge in [-0.2, -0.15) is 0 Å². The second kappa shape index (κ2) is 6.32. The Kier molecular flexibility index (Phi) is 4.13. The SMILES string of the molecule is O=C(COc1ccccc1[N+](=O)[O-])NCC12CC3CC(CC(C3)C1)C2. The van der Waals surface area contributed by atoms with Gasteiger partial charge >= 0.3 is 5.69 Å². The van der Waals surface area contributed by atoms with Gasteiger partial charge in [0.2, 0.25) is 0 Å². The Bertz CT molecular complexity index is 652. The predicted octanol–water partition coefficient (Wildman–Crippen LogP) is 3.31. The number of carbonyl (C=O) groups excluding carboxylic acids is 1. The van der Waals surface area contributed by atoms with Gasteiger partial charge < -0.3 is 10.1 Å². The molecule has 4 fully saturated rings. The van der Waals surface area contributed by atoms with E-state index in [9.17, 15) is 14.9 Å². The summed E-state index contributed by atoms with van der Waals surface area (Å²) in [6.45, 7) is 0.535. The third-order valence-electron chi connectivity index (χ3n) is 6.25. The van der Waals surface area contributed by atoms with Gasteiger partial charge in [0, 0.05) is 12.6 Å². The van der Waals surface area contributed by atoms with E-state index in [1.165, 1.54) is 50.7 Å². The summed E-state index contributed by atoms with van der Waals surface area (Å²) in [6.07, 6.45) is 7.87. The van der Waals surface area contributed by atoms with Gasteiger partial charge in [0.05, 0.1) is 4.92 Å². The number of para-hydroxylation sites is 2. The number of nitro benzene ring substituents is 1. The molecule has 0 heterocycles. The van der Waals surface area contributed by atoms with E-state index in [0.29, 0.717) is 0 Å². The van der Waals surface area contributed by atoms with Crippen LogP contribution in [-0.2, 0) is 4.79 Å². The van der Waals surface area contributed by atoms with Crippen molar-refractivity contribution in [2.45, 2.75) is 38.5 Å². The van der Waals surface area contributed by atoms with Gasteiger partial charge in [-0.3, -0.25) is 14.9 Å². The van der Waals surface area contributed by atoms with Crippen LogP contribution in [0, 0.1) is 33.3 Å². The topological polar surface area (TPSA) is 81.5 Å². The summed E-state index contributed by atoms with van der Waals surface area (Å²) >= 11 is 0. The van der Waals surface area contributed by atoms with E-state index >= 15 is 0 Å². The highest BCUT2D eigenvalue weighted by molar-refractivity contribution is 5.77. The second-order valence-electron chi connectivity index (χ2n) is 8.21. The fourth-order valence-electron chi connectivity index (χ4n) is 5.72. The molecule has 134 valence electrons. The van der Waals surface area contributed by atoms with Crippen molar-refractivity contribution in [1.29, 1.82) is 0 Å². The van der Waals surface area contributed by atoms with Crippen LogP contribution in [0.4, 0.5) is 5.69 Å². The van der Waals surface area contributed by atoms with Gasteiger partial charge in [-0.05, 0) is 67.8 Å². The average Bonchev–Trinajstić information content (AvgIpc) is 2.57. The molecule has 1 aromatic carbocycles. The number of nitro groups is 1. The summed E-state index contributed by atoms with van der Waals surface area (Å²) in [7, 11) is 0. The molecule has 25 heavy (non-hydrogen) atoms. The molecule has 0 atom stereocenters. The van der Waals surface area contributed by atoms with Crippen molar-refractivity contribution in [1.82, 2.24) is 5.32 Å². The fourth-order valence-corrected chi connectivity index (χ4v) is 5.72. The lowest BCUT2D eigenvalue weighted by molar-refractivity contribution is -0.385. The van der Waals surface area contributed by atoms with Gasteiger partial charge in [-0.25, -0.2) is 0 Å². The maximum Gasteiger partial charge on any atom is 0.310 e. The van der Waals surface area contributed by atoms with E-state index in [-0.39, 0.29) is 29.4 Å². The minimum Gasteiger partial charge on any atom is -0.477 e. The lowest BCUT2D eigenvalue weighted by Crippen LogP contribution is -2.51. The number of amides is 1. The Morgan fingerprint density at radius 3 is 2.36 bits per heavy atom. The van der Waals surface area contributed by atoms with E-state index in [4.69, 9.17) is 4.74 Å².